The number of hydrogen-bond donors (Lipinski definition) is 1. The van der Waals surface area contributed by atoms with Crippen molar-refractivity contribution in [3.8, 4) is 0 Å². The third-order valence-electron chi connectivity index (χ3n) is 2.80. The number of carbonyl (C=O) groups is 1. The average Bonchev–Trinajstić information content (AvgIpc) is 2.39. The van der Waals surface area contributed by atoms with Gasteiger partial charge >= 0.3 is 5.97 Å². The Labute approximate surface area is 99.2 Å². The molecule has 0 aliphatic carbocycles. The quantitative estimate of drug-likeness (QED) is 0.828. The summed E-state index contributed by atoms with van der Waals surface area (Å²) in [6.45, 7) is 5.38. The first-order valence-corrected chi connectivity index (χ1v) is 5.60. The number of nitrogens with zero attached hydrogens (tertiary/aromatic N) is 3. The Morgan fingerprint density at radius 3 is 2.88 bits per heavy atom. The summed E-state index contributed by atoms with van der Waals surface area (Å²) in [5.74, 6) is -0.468. The minimum Gasteiger partial charge on any atom is -0.478 e. The van der Waals surface area contributed by atoms with E-state index in [1.807, 2.05) is 0 Å². The highest BCUT2D eigenvalue weighted by molar-refractivity contribution is 5.86. The zero-order chi connectivity index (χ0) is 12.3. The summed E-state index contributed by atoms with van der Waals surface area (Å²) >= 11 is 0. The molecule has 1 aromatic rings. The van der Waals surface area contributed by atoms with Crippen LogP contribution in [0.4, 0.5) is 0 Å². The minimum atomic E-state index is -1.02. The molecule has 1 aliphatic heterocycles. The highest BCUT2D eigenvalue weighted by atomic mass is 16.5. The maximum atomic E-state index is 10.7. The van der Waals surface area contributed by atoms with Crippen molar-refractivity contribution in [3.63, 3.8) is 0 Å². The lowest BCUT2D eigenvalue weighted by molar-refractivity contribution is -0.0326. The molecule has 1 unspecified atom stereocenters. The molecular weight excluding hydrogens is 222 g/mol. The van der Waals surface area contributed by atoms with Crippen molar-refractivity contribution in [3.05, 3.63) is 23.8 Å². The van der Waals surface area contributed by atoms with Crippen LogP contribution in [0.25, 0.3) is 0 Å². The Kier molecular flexibility index (Phi) is 3.65. The van der Waals surface area contributed by atoms with Crippen LogP contribution >= 0.6 is 0 Å². The summed E-state index contributed by atoms with van der Waals surface area (Å²) in [7, 11) is 0. The summed E-state index contributed by atoms with van der Waals surface area (Å²) in [4.78, 5) is 21.0. The summed E-state index contributed by atoms with van der Waals surface area (Å²) in [6.07, 6.45) is 2.48. The molecule has 0 amide bonds. The fraction of sp³-hybridized carbons (Fsp3) is 0.545. The first-order chi connectivity index (χ1) is 8.20. The van der Waals surface area contributed by atoms with E-state index in [4.69, 9.17) is 9.84 Å². The molecule has 1 atom stereocenters. The Morgan fingerprint density at radius 2 is 2.29 bits per heavy atom. The van der Waals surface area contributed by atoms with Crippen molar-refractivity contribution in [1.82, 2.24) is 14.9 Å². The Bertz CT molecular complexity index is 393. The van der Waals surface area contributed by atoms with Crippen LogP contribution in [0.5, 0.6) is 0 Å². The van der Waals surface area contributed by atoms with Crippen LogP contribution in [-0.4, -0.2) is 52.2 Å². The van der Waals surface area contributed by atoms with Crippen LogP contribution in [0.1, 0.15) is 29.2 Å². The number of hydrogen-bond acceptors (Lipinski definition) is 5. The predicted octanol–water partition coefficient (Wildman–Crippen LogP) is 0.568. The van der Waals surface area contributed by atoms with Crippen molar-refractivity contribution in [1.29, 1.82) is 0 Å². The molecular formula is C11H15N3O3. The Balaban J connectivity index is 2.08. The molecule has 1 saturated heterocycles. The van der Waals surface area contributed by atoms with Gasteiger partial charge in [0, 0.05) is 25.5 Å². The Hall–Kier alpha value is -1.53. The van der Waals surface area contributed by atoms with Crippen LogP contribution < -0.4 is 0 Å². The number of morpholine rings is 1. The second-order valence-electron chi connectivity index (χ2n) is 3.89. The van der Waals surface area contributed by atoms with Crippen LogP contribution in [0.2, 0.25) is 0 Å². The van der Waals surface area contributed by atoms with Gasteiger partial charge in [0.15, 0.2) is 5.82 Å². The summed E-state index contributed by atoms with van der Waals surface area (Å²) < 4.78 is 5.58. The van der Waals surface area contributed by atoms with Crippen molar-refractivity contribution in [2.45, 2.75) is 13.0 Å². The summed E-state index contributed by atoms with van der Waals surface area (Å²) in [6, 6.07) is 0. The van der Waals surface area contributed by atoms with Crippen molar-refractivity contribution < 1.29 is 14.6 Å². The van der Waals surface area contributed by atoms with E-state index >= 15 is 0 Å². The predicted molar refractivity (Wildman–Crippen MR) is 59.8 cm³/mol. The van der Waals surface area contributed by atoms with Gasteiger partial charge in [0.2, 0.25) is 0 Å². The van der Waals surface area contributed by atoms with Crippen LogP contribution in [0.15, 0.2) is 12.4 Å². The molecule has 1 aliphatic rings. The maximum Gasteiger partial charge on any atom is 0.338 e. The monoisotopic (exact) mass is 237 g/mol. The molecule has 92 valence electrons. The summed E-state index contributed by atoms with van der Waals surface area (Å²) in [5.41, 5.74) is 0.0944. The van der Waals surface area contributed by atoms with Gasteiger partial charge in [-0.2, -0.15) is 0 Å². The van der Waals surface area contributed by atoms with Crippen LogP contribution in [0.3, 0.4) is 0 Å². The molecule has 1 aromatic heterocycles. The molecule has 0 aromatic carbocycles. The van der Waals surface area contributed by atoms with E-state index in [0.717, 1.165) is 19.6 Å². The van der Waals surface area contributed by atoms with E-state index in [-0.39, 0.29) is 11.7 Å². The summed E-state index contributed by atoms with van der Waals surface area (Å²) in [5, 5.41) is 8.75. The SMILES string of the molecule is CCN1CCOC(c2ncc(C(=O)O)cn2)C1. The van der Waals surface area contributed by atoms with Crippen molar-refractivity contribution >= 4 is 5.97 Å². The van der Waals surface area contributed by atoms with E-state index in [1.54, 1.807) is 0 Å². The zero-order valence-corrected chi connectivity index (χ0v) is 9.67. The third kappa shape index (κ3) is 2.78. The fourth-order valence-electron chi connectivity index (χ4n) is 1.76. The number of likely N-dealkylation sites (N-methyl/N-ethyl adjacent to an activating group) is 1. The molecule has 0 radical (unpaired) electrons. The Morgan fingerprint density at radius 1 is 1.59 bits per heavy atom. The van der Waals surface area contributed by atoms with Gasteiger partial charge in [0.1, 0.15) is 6.10 Å². The molecule has 2 rings (SSSR count). The topological polar surface area (TPSA) is 75.5 Å². The van der Waals surface area contributed by atoms with E-state index < -0.39 is 5.97 Å². The van der Waals surface area contributed by atoms with Crippen molar-refractivity contribution in [2.75, 3.05) is 26.2 Å². The molecule has 1 N–H and O–H groups in total. The molecule has 17 heavy (non-hydrogen) atoms. The van der Waals surface area contributed by atoms with Gasteiger partial charge in [-0.1, -0.05) is 6.92 Å². The lowest BCUT2D eigenvalue weighted by Gasteiger charge is -2.31. The number of rotatable bonds is 3. The first kappa shape index (κ1) is 11.9. The average molecular weight is 237 g/mol. The normalized spacial score (nSPS) is 21.4. The molecule has 0 saturated carbocycles. The third-order valence-corrected chi connectivity index (χ3v) is 2.80. The molecule has 0 bridgehead atoms. The van der Waals surface area contributed by atoms with Gasteiger partial charge < -0.3 is 9.84 Å². The maximum absolute atomic E-state index is 10.7. The number of ether oxygens (including phenoxy) is 1. The highest BCUT2D eigenvalue weighted by Gasteiger charge is 2.23. The van der Waals surface area contributed by atoms with Gasteiger partial charge in [-0.3, -0.25) is 4.90 Å². The minimum absolute atomic E-state index is 0.0944. The van der Waals surface area contributed by atoms with E-state index in [1.165, 1.54) is 12.4 Å². The molecule has 6 nitrogen and oxygen atoms in total. The number of aromatic nitrogens is 2. The van der Waals surface area contributed by atoms with Gasteiger partial charge in [-0.15, -0.1) is 0 Å². The molecule has 1 fully saturated rings. The van der Waals surface area contributed by atoms with Gasteiger partial charge in [0.05, 0.1) is 12.2 Å². The second-order valence-corrected chi connectivity index (χ2v) is 3.89. The lowest BCUT2D eigenvalue weighted by Crippen LogP contribution is -2.38. The van der Waals surface area contributed by atoms with Gasteiger partial charge in [0.25, 0.3) is 0 Å². The molecule has 6 heteroatoms. The van der Waals surface area contributed by atoms with Gasteiger partial charge in [-0.25, -0.2) is 14.8 Å². The number of carboxylic acids is 1. The molecule has 2 heterocycles. The zero-order valence-electron chi connectivity index (χ0n) is 9.67. The molecule has 0 spiro atoms. The largest absolute Gasteiger partial charge is 0.478 e. The van der Waals surface area contributed by atoms with E-state index in [9.17, 15) is 4.79 Å². The standard InChI is InChI=1S/C11H15N3O3/c1-2-14-3-4-17-9(7-14)10-12-5-8(6-13-10)11(15)16/h5-6,9H,2-4,7H2,1H3,(H,15,16). The van der Waals surface area contributed by atoms with Crippen LogP contribution in [-0.2, 0) is 4.74 Å². The highest BCUT2D eigenvalue weighted by Crippen LogP contribution is 2.18. The smallest absolute Gasteiger partial charge is 0.338 e. The number of carboxylic acid groups (broad SMARTS) is 1. The fourth-order valence-corrected chi connectivity index (χ4v) is 1.76. The lowest BCUT2D eigenvalue weighted by atomic mass is 10.2. The van der Waals surface area contributed by atoms with Crippen LogP contribution in [0, 0.1) is 0 Å². The second kappa shape index (κ2) is 5.20. The van der Waals surface area contributed by atoms with Gasteiger partial charge in [-0.05, 0) is 6.54 Å². The van der Waals surface area contributed by atoms with Crippen molar-refractivity contribution in [2.24, 2.45) is 0 Å². The first-order valence-electron chi connectivity index (χ1n) is 5.60. The van der Waals surface area contributed by atoms with E-state index in [0.29, 0.717) is 12.4 Å². The van der Waals surface area contributed by atoms with E-state index in [2.05, 4.69) is 21.8 Å². The number of aromatic carboxylic acids is 1.